The maximum atomic E-state index is 11.0. The molecular formula is C13H18N2O2. The molecule has 1 aromatic carbocycles. The molecule has 2 rings (SSSR count). The third-order valence-electron chi connectivity index (χ3n) is 3.47. The van der Waals surface area contributed by atoms with Crippen molar-refractivity contribution < 1.29 is 4.92 Å². The first-order chi connectivity index (χ1) is 8.08. The van der Waals surface area contributed by atoms with E-state index in [9.17, 15) is 10.1 Å². The highest BCUT2D eigenvalue weighted by Crippen LogP contribution is 2.32. The van der Waals surface area contributed by atoms with Crippen LogP contribution in [0.15, 0.2) is 18.2 Å². The van der Waals surface area contributed by atoms with Crippen LogP contribution >= 0.6 is 0 Å². The van der Waals surface area contributed by atoms with Crippen molar-refractivity contribution in [2.45, 2.75) is 39.2 Å². The molecular weight excluding hydrogens is 216 g/mol. The predicted molar refractivity (Wildman–Crippen MR) is 68.3 cm³/mol. The monoisotopic (exact) mass is 234 g/mol. The molecule has 1 aromatic rings. The Balaban J connectivity index is 2.20. The number of hydrogen-bond acceptors (Lipinski definition) is 3. The zero-order valence-corrected chi connectivity index (χ0v) is 10.3. The Kier molecular flexibility index (Phi) is 3.31. The summed E-state index contributed by atoms with van der Waals surface area (Å²) in [4.78, 5) is 10.8. The number of aryl methyl sites for hydroxylation is 1. The van der Waals surface area contributed by atoms with Gasteiger partial charge in [0.1, 0.15) is 5.69 Å². The van der Waals surface area contributed by atoms with Crippen LogP contribution in [0.1, 0.15) is 31.7 Å². The summed E-state index contributed by atoms with van der Waals surface area (Å²) >= 11 is 0. The Morgan fingerprint density at radius 3 is 2.76 bits per heavy atom. The lowest BCUT2D eigenvalue weighted by atomic mass is 10.1. The maximum Gasteiger partial charge on any atom is 0.295 e. The van der Waals surface area contributed by atoms with Gasteiger partial charge in [0.2, 0.25) is 0 Å². The van der Waals surface area contributed by atoms with E-state index in [-0.39, 0.29) is 10.6 Å². The van der Waals surface area contributed by atoms with Gasteiger partial charge in [0.05, 0.1) is 4.92 Å². The van der Waals surface area contributed by atoms with E-state index in [1.165, 1.54) is 6.42 Å². The van der Waals surface area contributed by atoms with Crippen molar-refractivity contribution in [3.63, 3.8) is 0 Å². The van der Waals surface area contributed by atoms with Crippen LogP contribution in [0.25, 0.3) is 0 Å². The minimum atomic E-state index is -0.296. The van der Waals surface area contributed by atoms with E-state index < -0.39 is 0 Å². The molecule has 2 unspecified atom stereocenters. The summed E-state index contributed by atoms with van der Waals surface area (Å²) in [6.07, 6.45) is 3.41. The summed E-state index contributed by atoms with van der Waals surface area (Å²) in [6, 6.07) is 5.82. The number of nitro groups is 1. The third-order valence-corrected chi connectivity index (χ3v) is 3.47. The summed E-state index contributed by atoms with van der Waals surface area (Å²) in [5, 5.41) is 14.4. The second-order valence-electron chi connectivity index (χ2n) is 4.99. The highest BCUT2D eigenvalue weighted by Gasteiger charge is 2.24. The SMILES string of the molecule is Cc1cccc(NC2CCC(C)C2)c1[N+](=O)[O-]. The van der Waals surface area contributed by atoms with Crippen LogP contribution in [-0.2, 0) is 0 Å². The zero-order chi connectivity index (χ0) is 12.4. The Hall–Kier alpha value is -1.58. The molecule has 1 fully saturated rings. The molecule has 0 saturated heterocycles. The van der Waals surface area contributed by atoms with Gasteiger partial charge in [-0.2, -0.15) is 0 Å². The van der Waals surface area contributed by atoms with Crippen LogP contribution in [-0.4, -0.2) is 11.0 Å². The lowest BCUT2D eigenvalue weighted by molar-refractivity contribution is -0.384. The van der Waals surface area contributed by atoms with Crippen molar-refractivity contribution in [1.82, 2.24) is 0 Å². The predicted octanol–water partition coefficient (Wildman–Crippen LogP) is 3.50. The molecule has 2 atom stereocenters. The van der Waals surface area contributed by atoms with Crippen molar-refractivity contribution in [3.8, 4) is 0 Å². The molecule has 0 amide bonds. The largest absolute Gasteiger partial charge is 0.377 e. The molecule has 0 bridgehead atoms. The van der Waals surface area contributed by atoms with Crippen molar-refractivity contribution >= 4 is 11.4 Å². The zero-order valence-electron chi connectivity index (χ0n) is 10.3. The average molecular weight is 234 g/mol. The van der Waals surface area contributed by atoms with Crippen LogP contribution in [0.4, 0.5) is 11.4 Å². The van der Waals surface area contributed by atoms with Gasteiger partial charge in [0.15, 0.2) is 0 Å². The quantitative estimate of drug-likeness (QED) is 0.643. The normalized spacial score (nSPS) is 23.6. The van der Waals surface area contributed by atoms with Crippen LogP contribution in [0.2, 0.25) is 0 Å². The van der Waals surface area contributed by atoms with Crippen molar-refractivity contribution in [2.24, 2.45) is 5.92 Å². The maximum absolute atomic E-state index is 11.0. The van der Waals surface area contributed by atoms with Crippen LogP contribution in [0.3, 0.4) is 0 Å². The molecule has 0 aliphatic heterocycles. The van der Waals surface area contributed by atoms with Crippen molar-refractivity contribution in [1.29, 1.82) is 0 Å². The molecule has 1 aliphatic rings. The first kappa shape index (κ1) is 11.9. The number of nitrogens with zero attached hydrogens (tertiary/aromatic N) is 1. The molecule has 1 aliphatic carbocycles. The summed E-state index contributed by atoms with van der Waals surface area (Å²) in [5.74, 6) is 0.719. The van der Waals surface area contributed by atoms with Crippen molar-refractivity contribution in [2.75, 3.05) is 5.32 Å². The summed E-state index contributed by atoms with van der Waals surface area (Å²) in [7, 11) is 0. The van der Waals surface area contributed by atoms with E-state index in [1.807, 2.05) is 6.07 Å². The molecule has 0 aromatic heterocycles. The number of para-hydroxylation sites is 1. The van der Waals surface area contributed by atoms with Gasteiger partial charge >= 0.3 is 0 Å². The minimum Gasteiger partial charge on any atom is -0.377 e. The topological polar surface area (TPSA) is 55.2 Å². The number of nitro benzene ring substituents is 1. The molecule has 4 heteroatoms. The summed E-state index contributed by atoms with van der Waals surface area (Å²) in [6.45, 7) is 4.01. The molecule has 92 valence electrons. The number of benzene rings is 1. The highest BCUT2D eigenvalue weighted by atomic mass is 16.6. The van der Waals surface area contributed by atoms with Gasteiger partial charge in [-0.1, -0.05) is 19.1 Å². The Morgan fingerprint density at radius 1 is 1.41 bits per heavy atom. The molecule has 0 heterocycles. The molecule has 0 radical (unpaired) electrons. The molecule has 1 N–H and O–H groups in total. The van der Waals surface area contributed by atoms with E-state index in [2.05, 4.69) is 12.2 Å². The van der Waals surface area contributed by atoms with Crippen molar-refractivity contribution in [3.05, 3.63) is 33.9 Å². The van der Waals surface area contributed by atoms with Gasteiger partial charge in [-0.25, -0.2) is 0 Å². The van der Waals surface area contributed by atoms with Gasteiger partial charge in [0.25, 0.3) is 5.69 Å². The lowest BCUT2D eigenvalue weighted by Gasteiger charge is -2.14. The van der Waals surface area contributed by atoms with Crippen LogP contribution in [0.5, 0.6) is 0 Å². The first-order valence-electron chi connectivity index (χ1n) is 6.08. The number of hydrogen-bond donors (Lipinski definition) is 1. The number of nitrogens with one attached hydrogen (secondary N) is 1. The fraction of sp³-hybridized carbons (Fsp3) is 0.538. The standard InChI is InChI=1S/C13H18N2O2/c1-9-6-7-11(8-9)14-12-5-3-4-10(2)13(12)15(16)17/h3-5,9,11,14H,6-8H2,1-2H3. The number of rotatable bonds is 3. The summed E-state index contributed by atoms with van der Waals surface area (Å²) < 4.78 is 0. The highest BCUT2D eigenvalue weighted by molar-refractivity contribution is 5.65. The molecule has 0 spiro atoms. The van der Waals surface area contributed by atoms with E-state index in [4.69, 9.17) is 0 Å². The van der Waals surface area contributed by atoms with Crippen LogP contribution in [0, 0.1) is 23.0 Å². The number of anilines is 1. The Bertz CT molecular complexity index is 431. The van der Waals surface area contributed by atoms with E-state index in [0.717, 1.165) is 18.8 Å². The van der Waals surface area contributed by atoms with Crippen LogP contribution < -0.4 is 5.32 Å². The van der Waals surface area contributed by atoms with Gasteiger partial charge in [0, 0.05) is 11.6 Å². The molecule has 17 heavy (non-hydrogen) atoms. The molecule has 4 nitrogen and oxygen atoms in total. The van der Waals surface area contributed by atoms with E-state index in [0.29, 0.717) is 17.3 Å². The first-order valence-corrected chi connectivity index (χ1v) is 6.08. The van der Waals surface area contributed by atoms with Gasteiger partial charge in [-0.15, -0.1) is 0 Å². The summed E-state index contributed by atoms with van der Waals surface area (Å²) in [5.41, 5.74) is 1.59. The third kappa shape index (κ3) is 2.57. The Morgan fingerprint density at radius 2 is 2.18 bits per heavy atom. The fourth-order valence-electron chi connectivity index (χ4n) is 2.58. The van der Waals surface area contributed by atoms with Gasteiger partial charge in [-0.3, -0.25) is 10.1 Å². The molecule has 1 saturated carbocycles. The lowest BCUT2D eigenvalue weighted by Crippen LogP contribution is -2.16. The van der Waals surface area contributed by atoms with E-state index in [1.54, 1.807) is 19.1 Å². The minimum absolute atomic E-state index is 0.215. The Labute approximate surface area is 101 Å². The second-order valence-corrected chi connectivity index (χ2v) is 4.99. The average Bonchev–Trinajstić information content (AvgIpc) is 2.63. The smallest absolute Gasteiger partial charge is 0.295 e. The van der Waals surface area contributed by atoms with Gasteiger partial charge in [-0.05, 0) is 38.2 Å². The van der Waals surface area contributed by atoms with E-state index >= 15 is 0 Å². The fourth-order valence-corrected chi connectivity index (χ4v) is 2.58. The second kappa shape index (κ2) is 4.73. The van der Waals surface area contributed by atoms with Gasteiger partial charge < -0.3 is 5.32 Å².